The van der Waals surface area contributed by atoms with Crippen LogP contribution >= 0.6 is 24.0 Å². The van der Waals surface area contributed by atoms with E-state index in [2.05, 4.69) is 58.5 Å². The number of aromatic nitrogens is 1. The number of hydrogen-bond acceptors (Lipinski definition) is 5. The van der Waals surface area contributed by atoms with Gasteiger partial charge in [-0.15, -0.1) is 12.4 Å². The first-order valence-electron chi connectivity index (χ1n) is 11.5. The van der Waals surface area contributed by atoms with Crippen molar-refractivity contribution < 1.29 is 14.6 Å². The number of nitrogens with one attached hydrogen (secondary N) is 1. The molecule has 1 aliphatic heterocycles. The summed E-state index contributed by atoms with van der Waals surface area (Å²) >= 11 is 6.44. The van der Waals surface area contributed by atoms with Crippen molar-refractivity contribution in [2.24, 2.45) is 5.92 Å². The minimum absolute atomic E-state index is 0. The Morgan fingerprint density at radius 1 is 1.23 bits per heavy atom. The van der Waals surface area contributed by atoms with Crippen molar-refractivity contribution in [3.8, 4) is 5.75 Å². The fourth-order valence-electron chi connectivity index (χ4n) is 4.65. The Labute approximate surface area is 217 Å². The standard InChI is InChI=1S/C27H30ClN3O3.ClH/c1-18(20-9-6-10-23(13-20)34-2)29-15-21-11-12-31(17-24(21)19-7-4-3-5-8-19)26-25(28)14-22(16-30-26)27(32)33;/h3-10,13-14,16,18,21,24,29H,11-12,15,17H2,1-2H3,(H,32,33);1H/t18-,21?,24?;/m1./s1. The van der Waals surface area contributed by atoms with Gasteiger partial charge in [0, 0.05) is 31.2 Å². The van der Waals surface area contributed by atoms with Gasteiger partial charge in [0.25, 0.3) is 0 Å². The number of carboxylic acid groups (broad SMARTS) is 1. The molecule has 35 heavy (non-hydrogen) atoms. The van der Waals surface area contributed by atoms with Gasteiger partial charge in [-0.2, -0.15) is 0 Å². The van der Waals surface area contributed by atoms with Gasteiger partial charge in [-0.3, -0.25) is 0 Å². The Morgan fingerprint density at radius 2 is 2.00 bits per heavy atom. The van der Waals surface area contributed by atoms with Crippen LogP contribution in [0.15, 0.2) is 66.9 Å². The Balaban J connectivity index is 0.00000342. The summed E-state index contributed by atoms with van der Waals surface area (Å²) in [6.07, 6.45) is 2.35. The number of pyridine rings is 1. The molecule has 2 N–H and O–H groups in total. The average Bonchev–Trinajstić information content (AvgIpc) is 2.87. The molecule has 1 aliphatic rings. The molecule has 1 saturated heterocycles. The third-order valence-electron chi connectivity index (χ3n) is 6.63. The molecule has 0 spiro atoms. The molecule has 186 valence electrons. The smallest absolute Gasteiger partial charge is 0.337 e. The van der Waals surface area contributed by atoms with Crippen LogP contribution in [0, 0.1) is 5.92 Å². The molecule has 2 unspecified atom stereocenters. The number of rotatable bonds is 8. The first-order valence-corrected chi connectivity index (χ1v) is 11.9. The molecule has 0 saturated carbocycles. The van der Waals surface area contributed by atoms with Crippen LogP contribution in [-0.4, -0.2) is 42.8 Å². The van der Waals surface area contributed by atoms with E-state index in [0.717, 1.165) is 31.8 Å². The predicted molar refractivity (Wildman–Crippen MR) is 142 cm³/mol. The third-order valence-corrected chi connectivity index (χ3v) is 6.91. The van der Waals surface area contributed by atoms with Crippen LogP contribution in [-0.2, 0) is 0 Å². The first kappa shape index (κ1) is 26.8. The Kier molecular flexibility index (Phi) is 9.38. The molecule has 2 aromatic carbocycles. The lowest BCUT2D eigenvalue weighted by molar-refractivity contribution is 0.0696. The highest BCUT2D eigenvalue weighted by Crippen LogP contribution is 2.36. The molecule has 1 fully saturated rings. The zero-order valence-electron chi connectivity index (χ0n) is 19.9. The number of hydrogen-bond donors (Lipinski definition) is 2. The summed E-state index contributed by atoms with van der Waals surface area (Å²) in [6, 6.07) is 20.4. The maximum absolute atomic E-state index is 11.3. The van der Waals surface area contributed by atoms with Gasteiger partial charge in [0.1, 0.15) is 11.6 Å². The van der Waals surface area contributed by atoms with Gasteiger partial charge in [-0.25, -0.2) is 9.78 Å². The molecule has 2 heterocycles. The van der Waals surface area contributed by atoms with Gasteiger partial charge < -0.3 is 20.1 Å². The van der Waals surface area contributed by atoms with E-state index >= 15 is 0 Å². The minimum Gasteiger partial charge on any atom is -0.497 e. The predicted octanol–water partition coefficient (Wildman–Crippen LogP) is 5.82. The van der Waals surface area contributed by atoms with Crippen molar-refractivity contribution in [1.82, 2.24) is 10.3 Å². The van der Waals surface area contributed by atoms with Crippen molar-refractivity contribution in [2.75, 3.05) is 31.6 Å². The average molecular weight is 516 g/mol. The van der Waals surface area contributed by atoms with Gasteiger partial charge in [-0.05, 0) is 55.1 Å². The fraction of sp³-hybridized carbons (Fsp3) is 0.333. The normalized spacial score (nSPS) is 18.4. The second-order valence-corrected chi connectivity index (χ2v) is 9.16. The lowest BCUT2D eigenvalue weighted by Gasteiger charge is -2.40. The van der Waals surface area contributed by atoms with E-state index in [1.807, 2.05) is 18.2 Å². The number of halogens is 2. The Morgan fingerprint density at radius 3 is 2.69 bits per heavy atom. The van der Waals surface area contributed by atoms with Crippen LogP contribution in [0.3, 0.4) is 0 Å². The highest BCUT2D eigenvalue weighted by Gasteiger charge is 2.32. The number of methoxy groups -OCH3 is 1. The van der Waals surface area contributed by atoms with E-state index in [1.165, 1.54) is 23.4 Å². The zero-order chi connectivity index (χ0) is 24.1. The van der Waals surface area contributed by atoms with Crippen LogP contribution in [0.5, 0.6) is 5.75 Å². The van der Waals surface area contributed by atoms with Crippen LogP contribution in [0.1, 0.15) is 46.8 Å². The maximum atomic E-state index is 11.3. The van der Waals surface area contributed by atoms with Crippen molar-refractivity contribution >= 4 is 35.8 Å². The van der Waals surface area contributed by atoms with Crippen molar-refractivity contribution in [2.45, 2.75) is 25.3 Å². The SMILES string of the molecule is COc1cccc([C@@H](C)NCC2CCN(c3ncc(C(=O)O)cc3Cl)CC2c2ccccc2)c1.Cl. The van der Waals surface area contributed by atoms with E-state index in [1.54, 1.807) is 7.11 Å². The van der Waals surface area contributed by atoms with Gasteiger partial charge in [-0.1, -0.05) is 54.1 Å². The quantitative estimate of drug-likeness (QED) is 0.393. The van der Waals surface area contributed by atoms with Crippen LogP contribution in [0.4, 0.5) is 5.82 Å². The van der Waals surface area contributed by atoms with Crippen molar-refractivity contribution in [1.29, 1.82) is 0 Å². The number of piperidine rings is 1. The number of aromatic carboxylic acids is 1. The number of carbonyl (C=O) groups is 1. The van der Waals surface area contributed by atoms with Gasteiger partial charge in [0.15, 0.2) is 0 Å². The summed E-state index contributed by atoms with van der Waals surface area (Å²) in [5, 5.41) is 13.3. The molecule has 3 aromatic rings. The summed E-state index contributed by atoms with van der Waals surface area (Å²) in [5.74, 6) is 1.20. The molecule has 8 heteroatoms. The molecule has 0 bridgehead atoms. The van der Waals surface area contributed by atoms with Gasteiger partial charge in [0.2, 0.25) is 0 Å². The zero-order valence-corrected chi connectivity index (χ0v) is 21.4. The number of ether oxygens (including phenoxy) is 1. The second kappa shape index (κ2) is 12.2. The summed E-state index contributed by atoms with van der Waals surface area (Å²) in [4.78, 5) is 17.8. The summed E-state index contributed by atoms with van der Waals surface area (Å²) in [6.45, 7) is 4.63. The molecular formula is C27H31Cl2N3O3. The molecule has 1 aromatic heterocycles. The highest BCUT2D eigenvalue weighted by atomic mass is 35.5. The number of anilines is 1. The summed E-state index contributed by atoms with van der Waals surface area (Å²) in [7, 11) is 1.69. The molecule has 0 aliphatic carbocycles. The third kappa shape index (κ3) is 6.45. The first-order chi connectivity index (χ1) is 16.5. The topological polar surface area (TPSA) is 74.7 Å². The minimum atomic E-state index is -1.03. The molecule has 3 atom stereocenters. The second-order valence-electron chi connectivity index (χ2n) is 8.75. The molecule has 6 nitrogen and oxygen atoms in total. The lowest BCUT2D eigenvalue weighted by Crippen LogP contribution is -2.43. The molecular weight excluding hydrogens is 485 g/mol. The van der Waals surface area contributed by atoms with E-state index in [9.17, 15) is 9.90 Å². The van der Waals surface area contributed by atoms with Gasteiger partial charge in [0.05, 0.1) is 17.7 Å². The van der Waals surface area contributed by atoms with E-state index < -0.39 is 5.97 Å². The molecule has 0 amide bonds. The Hall–Kier alpha value is -2.80. The lowest BCUT2D eigenvalue weighted by atomic mass is 9.80. The van der Waals surface area contributed by atoms with Gasteiger partial charge >= 0.3 is 5.97 Å². The fourth-order valence-corrected chi connectivity index (χ4v) is 4.94. The highest BCUT2D eigenvalue weighted by molar-refractivity contribution is 6.33. The number of carboxylic acids is 1. The van der Waals surface area contributed by atoms with Crippen molar-refractivity contribution in [3.05, 3.63) is 88.6 Å². The van der Waals surface area contributed by atoms with E-state index in [0.29, 0.717) is 16.8 Å². The van der Waals surface area contributed by atoms with Crippen molar-refractivity contribution in [3.63, 3.8) is 0 Å². The largest absolute Gasteiger partial charge is 0.497 e. The molecule has 0 radical (unpaired) electrons. The van der Waals surface area contributed by atoms with E-state index in [-0.39, 0.29) is 29.9 Å². The Bertz CT molecular complexity index is 1130. The van der Waals surface area contributed by atoms with E-state index in [4.69, 9.17) is 16.3 Å². The van der Waals surface area contributed by atoms with Crippen LogP contribution in [0.25, 0.3) is 0 Å². The van der Waals surface area contributed by atoms with Crippen LogP contribution in [0.2, 0.25) is 5.02 Å². The summed E-state index contributed by atoms with van der Waals surface area (Å²) < 4.78 is 5.38. The number of benzene rings is 2. The summed E-state index contributed by atoms with van der Waals surface area (Å²) in [5.41, 5.74) is 2.58. The maximum Gasteiger partial charge on any atom is 0.337 e. The number of nitrogens with zero attached hydrogens (tertiary/aromatic N) is 2. The van der Waals surface area contributed by atoms with Crippen LogP contribution < -0.4 is 15.0 Å². The molecule has 4 rings (SSSR count). The monoisotopic (exact) mass is 515 g/mol.